The fourth-order valence-electron chi connectivity index (χ4n) is 7.71. The lowest BCUT2D eigenvalue weighted by molar-refractivity contribution is -0.122. The third kappa shape index (κ3) is 4.74. The lowest BCUT2D eigenvalue weighted by Crippen LogP contribution is -2.54. The topological polar surface area (TPSA) is 84.9 Å². The van der Waals surface area contributed by atoms with Crippen molar-refractivity contribution in [3.8, 4) is 11.5 Å². The molecule has 1 heterocycles. The lowest BCUT2D eigenvalue weighted by atomic mass is 9.48. The van der Waals surface area contributed by atoms with Gasteiger partial charge in [-0.2, -0.15) is 0 Å². The predicted molar refractivity (Wildman–Crippen MR) is 156 cm³/mol. The summed E-state index contributed by atoms with van der Waals surface area (Å²) >= 11 is 3.53. The van der Waals surface area contributed by atoms with Gasteiger partial charge in [-0.05, 0) is 132 Å². The molecule has 1 aliphatic heterocycles. The molecule has 40 heavy (non-hydrogen) atoms. The van der Waals surface area contributed by atoms with Gasteiger partial charge in [-0.15, -0.1) is 0 Å². The van der Waals surface area contributed by atoms with E-state index in [0.717, 1.165) is 29.1 Å². The van der Waals surface area contributed by atoms with E-state index in [4.69, 9.17) is 9.47 Å². The van der Waals surface area contributed by atoms with Crippen LogP contribution >= 0.6 is 15.9 Å². The molecule has 7 rings (SSSR count). The summed E-state index contributed by atoms with van der Waals surface area (Å²) in [5.41, 5.74) is 2.41. The number of amides is 4. The van der Waals surface area contributed by atoms with Crippen LogP contribution in [-0.4, -0.2) is 31.1 Å². The number of ether oxygens (including phenoxy) is 2. The number of nitrogens with zero attached hydrogens (tertiary/aromatic N) is 1. The van der Waals surface area contributed by atoms with Gasteiger partial charge in [-0.1, -0.05) is 19.1 Å². The van der Waals surface area contributed by atoms with Gasteiger partial charge in [-0.25, -0.2) is 9.69 Å². The molecule has 0 radical (unpaired) electrons. The third-order valence-corrected chi connectivity index (χ3v) is 9.92. The van der Waals surface area contributed by atoms with Gasteiger partial charge < -0.3 is 9.47 Å². The summed E-state index contributed by atoms with van der Waals surface area (Å²) in [5, 5.41) is 2.33. The van der Waals surface area contributed by atoms with Crippen LogP contribution in [0.1, 0.15) is 69.9 Å². The number of halogens is 1. The molecule has 0 unspecified atom stereocenters. The van der Waals surface area contributed by atoms with Crippen LogP contribution in [0.4, 0.5) is 10.5 Å². The van der Waals surface area contributed by atoms with Crippen LogP contribution in [0.3, 0.4) is 0 Å². The Morgan fingerprint density at radius 2 is 1.68 bits per heavy atom. The summed E-state index contributed by atoms with van der Waals surface area (Å²) in [4.78, 5) is 40.2. The van der Waals surface area contributed by atoms with Crippen molar-refractivity contribution in [2.24, 2.45) is 17.8 Å². The van der Waals surface area contributed by atoms with Crippen LogP contribution in [0.25, 0.3) is 6.08 Å². The SMILES string of the molecule is CC[C@@H](C)Oc1c(Br)cc(/C=C2\C(=O)NC(=O)N(c3ccc(C45CC6CC(CC(C6)C4)C5)cc3)C2=O)cc1OC. The number of carbonyl (C=O) groups is 3. The van der Waals surface area contributed by atoms with E-state index in [1.165, 1.54) is 57.3 Å². The highest BCUT2D eigenvalue weighted by Crippen LogP contribution is 2.60. The first-order chi connectivity index (χ1) is 19.2. The quantitative estimate of drug-likeness (QED) is 0.278. The predicted octanol–water partition coefficient (Wildman–Crippen LogP) is 6.77. The largest absolute Gasteiger partial charge is 0.493 e. The number of benzene rings is 2. The summed E-state index contributed by atoms with van der Waals surface area (Å²) in [6.45, 7) is 3.99. The summed E-state index contributed by atoms with van der Waals surface area (Å²) in [5.74, 6) is 2.11. The number of barbiturate groups is 1. The summed E-state index contributed by atoms with van der Waals surface area (Å²) in [7, 11) is 1.54. The van der Waals surface area contributed by atoms with Gasteiger partial charge in [0, 0.05) is 0 Å². The number of hydrogen-bond donors (Lipinski definition) is 1. The fraction of sp³-hybridized carbons (Fsp3) is 0.469. The minimum absolute atomic E-state index is 0.0194. The second kappa shape index (κ2) is 10.4. The van der Waals surface area contributed by atoms with Gasteiger partial charge >= 0.3 is 6.03 Å². The Kier molecular flexibility index (Phi) is 7.01. The highest BCUT2D eigenvalue weighted by atomic mass is 79.9. The minimum atomic E-state index is -0.745. The van der Waals surface area contributed by atoms with Gasteiger partial charge in [0.15, 0.2) is 11.5 Å². The maximum Gasteiger partial charge on any atom is 0.335 e. The Morgan fingerprint density at radius 1 is 1.05 bits per heavy atom. The van der Waals surface area contributed by atoms with Crippen molar-refractivity contribution in [2.45, 2.75) is 70.3 Å². The molecule has 2 aromatic rings. The lowest BCUT2D eigenvalue weighted by Gasteiger charge is -2.57. The van der Waals surface area contributed by atoms with Crippen LogP contribution in [0.15, 0.2) is 46.4 Å². The van der Waals surface area contributed by atoms with Crippen LogP contribution in [0, 0.1) is 17.8 Å². The molecule has 4 amide bonds. The summed E-state index contributed by atoms with van der Waals surface area (Å²) < 4.78 is 12.1. The molecule has 0 aromatic heterocycles. The van der Waals surface area contributed by atoms with Crippen LogP contribution in [0.5, 0.6) is 11.5 Å². The second-order valence-corrected chi connectivity index (χ2v) is 12.9. The smallest absolute Gasteiger partial charge is 0.335 e. The van der Waals surface area contributed by atoms with Crippen molar-refractivity contribution in [2.75, 3.05) is 12.0 Å². The molecule has 4 aliphatic carbocycles. The number of rotatable bonds is 7. The Balaban J connectivity index is 1.27. The van der Waals surface area contributed by atoms with Crippen molar-refractivity contribution in [1.82, 2.24) is 5.32 Å². The number of nitrogens with one attached hydrogen (secondary N) is 1. The van der Waals surface area contributed by atoms with Gasteiger partial charge in [-0.3, -0.25) is 14.9 Å². The Hall–Kier alpha value is -3.13. The van der Waals surface area contributed by atoms with Gasteiger partial charge in [0.05, 0.1) is 23.4 Å². The number of methoxy groups -OCH3 is 1. The third-order valence-electron chi connectivity index (χ3n) is 9.33. The van der Waals surface area contributed by atoms with Crippen LogP contribution in [0.2, 0.25) is 0 Å². The van der Waals surface area contributed by atoms with Gasteiger partial charge in [0.1, 0.15) is 5.57 Å². The molecule has 8 heteroatoms. The van der Waals surface area contributed by atoms with Crippen LogP contribution < -0.4 is 19.7 Å². The number of carbonyl (C=O) groups excluding carboxylic acids is 3. The average Bonchev–Trinajstić information content (AvgIpc) is 2.91. The number of imide groups is 2. The molecule has 2 aromatic carbocycles. The molecule has 5 fully saturated rings. The zero-order valence-electron chi connectivity index (χ0n) is 23.2. The first-order valence-corrected chi connectivity index (χ1v) is 15.0. The van der Waals surface area contributed by atoms with E-state index in [-0.39, 0.29) is 17.1 Å². The monoisotopic (exact) mass is 606 g/mol. The second-order valence-electron chi connectivity index (χ2n) is 12.1. The maximum absolute atomic E-state index is 13.6. The molecular weight excluding hydrogens is 572 g/mol. The van der Waals surface area contributed by atoms with E-state index in [1.807, 2.05) is 26.0 Å². The van der Waals surface area contributed by atoms with Crippen molar-refractivity contribution in [1.29, 1.82) is 0 Å². The molecule has 1 N–H and O–H groups in total. The Labute approximate surface area is 243 Å². The van der Waals surface area contributed by atoms with E-state index in [2.05, 4.69) is 33.4 Å². The summed E-state index contributed by atoms with van der Waals surface area (Å²) in [6, 6.07) is 10.6. The number of anilines is 1. The Morgan fingerprint density at radius 3 is 2.25 bits per heavy atom. The fourth-order valence-corrected chi connectivity index (χ4v) is 8.26. The van der Waals surface area contributed by atoms with Gasteiger partial charge in [0.25, 0.3) is 11.8 Å². The summed E-state index contributed by atoms with van der Waals surface area (Å²) in [6.07, 6.45) is 10.1. The van der Waals surface area contributed by atoms with Crippen LogP contribution in [-0.2, 0) is 15.0 Å². The number of urea groups is 1. The minimum Gasteiger partial charge on any atom is -0.493 e. The van der Waals surface area contributed by atoms with Gasteiger partial charge in [0.2, 0.25) is 0 Å². The molecule has 5 aliphatic rings. The van der Waals surface area contributed by atoms with Crippen molar-refractivity contribution in [3.05, 3.63) is 57.6 Å². The van der Waals surface area contributed by atoms with E-state index in [0.29, 0.717) is 27.2 Å². The zero-order valence-corrected chi connectivity index (χ0v) is 24.8. The molecule has 0 spiro atoms. The molecule has 7 nitrogen and oxygen atoms in total. The number of hydrogen-bond acceptors (Lipinski definition) is 5. The molecule has 210 valence electrons. The van der Waals surface area contributed by atoms with E-state index in [9.17, 15) is 14.4 Å². The first kappa shape index (κ1) is 27.1. The van der Waals surface area contributed by atoms with E-state index in [1.54, 1.807) is 12.1 Å². The van der Waals surface area contributed by atoms with Crippen molar-refractivity contribution < 1.29 is 23.9 Å². The molecule has 4 saturated carbocycles. The first-order valence-electron chi connectivity index (χ1n) is 14.3. The highest BCUT2D eigenvalue weighted by Gasteiger charge is 2.51. The normalized spacial score (nSPS) is 29.1. The Bertz CT molecular complexity index is 1360. The highest BCUT2D eigenvalue weighted by molar-refractivity contribution is 9.10. The van der Waals surface area contributed by atoms with Crippen molar-refractivity contribution in [3.63, 3.8) is 0 Å². The average molecular weight is 608 g/mol. The van der Waals surface area contributed by atoms with Crippen molar-refractivity contribution >= 4 is 45.5 Å². The van der Waals surface area contributed by atoms with E-state index >= 15 is 0 Å². The molecule has 1 atom stereocenters. The zero-order chi connectivity index (χ0) is 28.2. The van der Waals surface area contributed by atoms with E-state index < -0.39 is 17.8 Å². The molecular formula is C32H35BrN2O5. The maximum atomic E-state index is 13.6. The molecule has 1 saturated heterocycles. The molecule has 4 bridgehead atoms. The standard InChI is InChI=1S/C32H35BrN2O5/c1-4-18(2)40-28-26(33)13-19(14-27(28)39-3)12-25-29(36)34-31(38)35(30(25)37)24-7-5-23(6-8-24)32-15-20-9-21(16-32)11-22(10-20)17-32/h5-8,12-14,18,20-22H,4,9-11,15-17H2,1-3H3,(H,34,36,38)/b25-12+/t18-,20?,21?,22?,32?/m1/s1.